The van der Waals surface area contributed by atoms with Gasteiger partial charge in [0.15, 0.2) is 0 Å². The Kier molecular flexibility index (Phi) is 5.99. The first kappa shape index (κ1) is 16.2. The van der Waals surface area contributed by atoms with Crippen molar-refractivity contribution in [3.63, 3.8) is 0 Å². The molecule has 1 aliphatic heterocycles. The number of methoxy groups -OCH3 is 1. The maximum Gasteiger partial charge on any atom is 0.225 e. The third-order valence-electron chi connectivity index (χ3n) is 4.53. The van der Waals surface area contributed by atoms with Crippen LogP contribution in [0.2, 0.25) is 0 Å². The van der Waals surface area contributed by atoms with Crippen LogP contribution in [0.25, 0.3) is 0 Å². The van der Waals surface area contributed by atoms with Crippen molar-refractivity contribution >= 4 is 11.8 Å². The van der Waals surface area contributed by atoms with E-state index >= 15 is 0 Å². The second-order valence-electron chi connectivity index (χ2n) is 6.15. The normalized spacial score (nSPS) is 29.7. The number of amides is 2. The number of nitrogens with zero attached hydrogens (tertiary/aromatic N) is 1. The van der Waals surface area contributed by atoms with Gasteiger partial charge in [0, 0.05) is 33.2 Å². The van der Waals surface area contributed by atoms with Crippen LogP contribution in [0.4, 0.5) is 0 Å². The number of hydrogen-bond donors (Lipinski definition) is 2. The number of carbonyl (C=O) groups is 2. The monoisotopic (exact) mass is 298 g/mol. The first-order valence-electron chi connectivity index (χ1n) is 7.82. The van der Waals surface area contributed by atoms with Gasteiger partial charge in [-0.15, -0.1) is 0 Å². The highest BCUT2D eigenvalue weighted by Crippen LogP contribution is 2.24. The first-order valence-corrected chi connectivity index (χ1v) is 7.82. The molecule has 6 nitrogen and oxygen atoms in total. The Morgan fingerprint density at radius 1 is 1.38 bits per heavy atom. The van der Waals surface area contributed by atoms with Gasteiger partial charge >= 0.3 is 0 Å². The van der Waals surface area contributed by atoms with E-state index in [-0.39, 0.29) is 23.8 Å². The molecular formula is C15H26N2O4. The molecule has 1 saturated carbocycles. The summed E-state index contributed by atoms with van der Waals surface area (Å²) >= 11 is 0. The maximum atomic E-state index is 12.1. The number of ether oxygens (including phenoxy) is 1. The molecule has 0 aromatic carbocycles. The zero-order chi connectivity index (χ0) is 15.2. The van der Waals surface area contributed by atoms with Gasteiger partial charge in [0.05, 0.1) is 18.6 Å². The summed E-state index contributed by atoms with van der Waals surface area (Å²) in [7, 11) is 1.60. The van der Waals surface area contributed by atoms with E-state index in [4.69, 9.17) is 4.74 Å². The molecule has 2 fully saturated rings. The molecular weight excluding hydrogens is 272 g/mol. The first-order chi connectivity index (χ1) is 10.1. The van der Waals surface area contributed by atoms with Crippen LogP contribution in [0.3, 0.4) is 0 Å². The largest absolute Gasteiger partial charge is 0.393 e. The average Bonchev–Trinajstić information content (AvgIpc) is 2.85. The van der Waals surface area contributed by atoms with Gasteiger partial charge < -0.3 is 20.1 Å². The minimum absolute atomic E-state index is 0.0191. The quantitative estimate of drug-likeness (QED) is 0.731. The third kappa shape index (κ3) is 4.68. The van der Waals surface area contributed by atoms with E-state index in [1.807, 2.05) is 0 Å². The van der Waals surface area contributed by atoms with Crippen molar-refractivity contribution in [2.45, 2.75) is 38.2 Å². The van der Waals surface area contributed by atoms with E-state index < -0.39 is 0 Å². The predicted octanol–water partition coefficient (Wildman–Crippen LogP) is 0.149. The van der Waals surface area contributed by atoms with E-state index in [1.165, 1.54) is 0 Å². The van der Waals surface area contributed by atoms with Crippen LogP contribution in [0.15, 0.2) is 0 Å². The van der Waals surface area contributed by atoms with Gasteiger partial charge in [0.2, 0.25) is 11.8 Å². The standard InChI is InChI=1S/C15H26N2O4/c1-21-7-6-17-10-12(8-14(17)19)15(20)16-9-11-2-4-13(18)5-3-11/h11-13,18H,2-10H2,1H3,(H,16,20). The molecule has 0 spiro atoms. The van der Waals surface area contributed by atoms with Crippen molar-refractivity contribution < 1.29 is 19.4 Å². The van der Waals surface area contributed by atoms with E-state index in [0.717, 1.165) is 25.7 Å². The highest BCUT2D eigenvalue weighted by molar-refractivity contribution is 5.89. The van der Waals surface area contributed by atoms with E-state index in [2.05, 4.69) is 5.32 Å². The van der Waals surface area contributed by atoms with Gasteiger partial charge in [0.1, 0.15) is 0 Å². The van der Waals surface area contributed by atoms with Gasteiger partial charge in [-0.2, -0.15) is 0 Å². The molecule has 0 bridgehead atoms. The Hall–Kier alpha value is -1.14. The van der Waals surface area contributed by atoms with E-state index in [0.29, 0.717) is 38.6 Å². The molecule has 0 aromatic rings. The minimum Gasteiger partial charge on any atom is -0.393 e. The van der Waals surface area contributed by atoms with E-state index in [1.54, 1.807) is 12.0 Å². The van der Waals surface area contributed by atoms with Crippen molar-refractivity contribution in [2.75, 3.05) is 33.4 Å². The fraction of sp³-hybridized carbons (Fsp3) is 0.867. The molecule has 2 N–H and O–H groups in total. The van der Waals surface area contributed by atoms with Crippen molar-refractivity contribution in [1.82, 2.24) is 10.2 Å². The molecule has 1 unspecified atom stereocenters. The second-order valence-corrected chi connectivity index (χ2v) is 6.15. The lowest BCUT2D eigenvalue weighted by Crippen LogP contribution is -2.37. The van der Waals surface area contributed by atoms with Crippen molar-refractivity contribution in [3.05, 3.63) is 0 Å². The lowest BCUT2D eigenvalue weighted by molar-refractivity contribution is -0.129. The van der Waals surface area contributed by atoms with Crippen LogP contribution in [0, 0.1) is 11.8 Å². The molecule has 0 radical (unpaired) electrons. The van der Waals surface area contributed by atoms with Gasteiger partial charge in [0.25, 0.3) is 0 Å². The molecule has 120 valence electrons. The molecule has 2 rings (SSSR count). The smallest absolute Gasteiger partial charge is 0.225 e. The number of aliphatic hydroxyl groups is 1. The summed E-state index contributed by atoms with van der Waals surface area (Å²) in [6.45, 7) is 2.22. The van der Waals surface area contributed by atoms with Crippen LogP contribution in [0.5, 0.6) is 0 Å². The Balaban J connectivity index is 1.70. The molecule has 2 aliphatic rings. The Morgan fingerprint density at radius 3 is 2.76 bits per heavy atom. The highest BCUT2D eigenvalue weighted by Gasteiger charge is 2.34. The van der Waals surface area contributed by atoms with E-state index in [9.17, 15) is 14.7 Å². The zero-order valence-electron chi connectivity index (χ0n) is 12.7. The molecule has 6 heteroatoms. The van der Waals surface area contributed by atoms with Crippen LogP contribution in [0.1, 0.15) is 32.1 Å². The molecule has 1 aliphatic carbocycles. The van der Waals surface area contributed by atoms with Crippen LogP contribution in [-0.4, -0.2) is 61.3 Å². The fourth-order valence-electron chi connectivity index (χ4n) is 3.10. The SMILES string of the molecule is COCCN1CC(C(=O)NCC2CCC(O)CC2)CC1=O. The summed E-state index contributed by atoms with van der Waals surface area (Å²) < 4.78 is 4.97. The molecule has 2 amide bonds. The number of aliphatic hydroxyl groups excluding tert-OH is 1. The van der Waals surface area contributed by atoms with Crippen LogP contribution >= 0.6 is 0 Å². The number of carbonyl (C=O) groups excluding carboxylic acids is 2. The molecule has 21 heavy (non-hydrogen) atoms. The average molecular weight is 298 g/mol. The topological polar surface area (TPSA) is 78.9 Å². The van der Waals surface area contributed by atoms with Crippen molar-refractivity contribution in [2.24, 2.45) is 11.8 Å². The molecule has 1 atom stereocenters. The molecule has 1 heterocycles. The number of nitrogens with one attached hydrogen (secondary N) is 1. The van der Waals surface area contributed by atoms with Crippen LogP contribution < -0.4 is 5.32 Å². The highest BCUT2D eigenvalue weighted by atomic mass is 16.5. The summed E-state index contributed by atoms with van der Waals surface area (Å²) in [6, 6.07) is 0. The summed E-state index contributed by atoms with van der Waals surface area (Å²) in [6.07, 6.45) is 3.72. The van der Waals surface area contributed by atoms with Crippen LogP contribution in [-0.2, 0) is 14.3 Å². The van der Waals surface area contributed by atoms with Gasteiger partial charge in [-0.3, -0.25) is 9.59 Å². The number of rotatable bonds is 6. The summed E-state index contributed by atoms with van der Waals surface area (Å²) in [5.41, 5.74) is 0. The Bertz CT molecular complexity index is 367. The van der Waals surface area contributed by atoms with Gasteiger partial charge in [-0.05, 0) is 31.6 Å². The number of likely N-dealkylation sites (tertiary alicyclic amines) is 1. The lowest BCUT2D eigenvalue weighted by atomic mass is 9.87. The minimum atomic E-state index is -0.233. The summed E-state index contributed by atoms with van der Waals surface area (Å²) in [5.74, 6) is 0.241. The Labute approximate surface area is 125 Å². The Morgan fingerprint density at radius 2 is 2.10 bits per heavy atom. The number of hydrogen-bond acceptors (Lipinski definition) is 4. The second kappa shape index (κ2) is 7.75. The molecule has 0 aromatic heterocycles. The summed E-state index contributed by atoms with van der Waals surface area (Å²) in [4.78, 5) is 25.6. The fourth-order valence-corrected chi connectivity index (χ4v) is 3.10. The zero-order valence-corrected chi connectivity index (χ0v) is 12.7. The van der Waals surface area contributed by atoms with Crippen molar-refractivity contribution in [1.29, 1.82) is 0 Å². The van der Waals surface area contributed by atoms with Gasteiger partial charge in [-0.25, -0.2) is 0 Å². The van der Waals surface area contributed by atoms with Gasteiger partial charge in [-0.1, -0.05) is 0 Å². The predicted molar refractivity (Wildman–Crippen MR) is 77.5 cm³/mol. The van der Waals surface area contributed by atoms with Crippen molar-refractivity contribution in [3.8, 4) is 0 Å². The summed E-state index contributed by atoms with van der Waals surface area (Å²) in [5, 5.41) is 12.4. The molecule has 1 saturated heterocycles. The lowest BCUT2D eigenvalue weighted by Gasteiger charge is -2.25. The third-order valence-corrected chi connectivity index (χ3v) is 4.53. The maximum absolute atomic E-state index is 12.1.